The third kappa shape index (κ3) is 1.25. The van der Waals surface area contributed by atoms with Crippen LogP contribution < -0.4 is 4.90 Å². The molecule has 0 fully saturated rings. The number of imidazole rings is 1. The Morgan fingerprint density at radius 1 is 1.46 bits per heavy atom. The Kier molecular flexibility index (Phi) is 1.88. The molecule has 0 spiro atoms. The number of aromatic nitrogens is 2. The summed E-state index contributed by atoms with van der Waals surface area (Å²) < 4.78 is 1.38. The third-order valence-electron chi connectivity index (χ3n) is 1.94. The Balaban J connectivity index is 2.77. The van der Waals surface area contributed by atoms with Crippen molar-refractivity contribution in [3.05, 3.63) is 24.5 Å². The van der Waals surface area contributed by atoms with E-state index >= 15 is 0 Å². The molecule has 1 aromatic heterocycles. The number of anilines is 1. The third-order valence-corrected chi connectivity index (χ3v) is 2.19. The highest BCUT2D eigenvalue weighted by Gasteiger charge is 2.07. The molecular formula is C9H9ClN3. The molecular weight excluding hydrogens is 186 g/mol. The molecule has 0 saturated carbocycles. The lowest BCUT2D eigenvalue weighted by Crippen LogP contribution is -2.08. The van der Waals surface area contributed by atoms with Crippen LogP contribution in [0.1, 0.15) is 0 Å². The van der Waals surface area contributed by atoms with Gasteiger partial charge < -0.3 is 4.90 Å². The smallest absolute Gasteiger partial charge is 0.193 e. The second-order valence-electron chi connectivity index (χ2n) is 3.03. The van der Waals surface area contributed by atoms with Gasteiger partial charge in [-0.25, -0.2) is 9.07 Å². The first-order valence-electron chi connectivity index (χ1n) is 3.93. The van der Waals surface area contributed by atoms with E-state index in [9.17, 15) is 0 Å². The first-order chi connectivity index (χ1) is 6.20. The van der Waals surface area contributed by atoms with Crippen LogP contribution >= 0.6 is 11.8 Å². The van der Waals surface area contributed by atoms with Crippen molar-refractivity contribution < 1.29 is 0 Å². The molecule has 0 amide bonds. The van der Waals surface area contributed by atoms with Crippen LogP contribution in [0, 0.1) is 6.33 Å². The van der Waals surface area contributed by atoms with Crippen molar-refractivity contribution in [3.8, 4) is 0 Å². The van der Waals surface area contributed by atoms with Crippen molar-refractivity contribution in [3.63, 3.8) is 0 Å². The summed E-state index contributed by atoms with van der Waals surface area (Å²) in [5.74, 6) is 0. The fraction of sp³-hybridized carbons (Fsp3) is 0.222. The SMILES string of the molecule is CN(C)c1cccc2c1n[c]n2Cl. The van der Waals surface area contributed by atoms with E-state index in [0.717, 1.165) is 16.7 Å². The number of rotatable bonds is 1. The summed E-state index contributed by atoms with van der Waals surface area (Å²) in [5.41, 5.74) is 2.81. The highest BCUT2D eigenvalue weighted by molar-refractivity contribution is 6.19. The molecule has 0 aliphatic heterocycles. The van der Waals surface area contributed by atoms with Crippen molar-refractivity contribution in [2.75, 3.05) is 19.0 Å². The largest absolute Gasteiger partial charge is 0.376 e. The molecule has 1 heterocycles. The van der Waals surface area contributed by atoms with E-state index < -0.39 is 0 Å². The molecule has 1 aromatic carbocycles. The Bertz CT molecular complexity index is 433. The topological polar surface area (TPSA) is 21.1 Å². The molecule has 0 saturated heterocycles. The molecule has 0 atom stereocenters. The van der Waals surface area contributed by atoms with E-state index in [1.807, 2.05) is 37.2 Å². The van der Waals surface area contributed by atoms with Crippen molar-refractivity contribution in [2.45, 2.75) is 0 Å². The number of fused-ring (bicyclic) bond motifs is 1. The van der Waals surface area contributed by atoms with Gasteiger partial charge in [-0.05, 0) is 12.1 Å². The van der Waals surface area contributed by atoms with Gasteiger partial charge in [-0.3, -0.25) is 0 Å². The lowest BCUT2D eigenvalue weighted by molar-refractivity contribution is 1.14. The van der Waals surface area contributed by atoms with Crippen LogP contribution in [0.15, 0.2) is 18.2 Å². The molecule has 1 radical (unpaired) electrons. The second kappa shape index (κ2) is 2.92. The summed E-state index contributed by atoms with van der Waals surface area (Å²) in [6.07, 6.45) is 2.68. The summed E-state index contributed by atoms with van der Waals surface area (Å²) in [7, 11) is 3.95. The first-order valence-corrected chi connectivity index (χ1v) is 4.26. The molecule has 13 heavy (non-hydrogen) atoms. The van der Waals surface area contributed by atoms with Gasteiger partial charge in [0.15, 0.2) is 6.33 Å². The summed E-state index contributed by atoms with van der Waals surface area (Å²) >= 11 is 5.83. The van der Waals surface area contributed by atoms with E-state index in [1.165, 1.54) is 4.09 Å². The summed E-state index contributed by atoms with van der Waals surface area (Å²) in [5, 5.41) is 0. The van der Waals surface area contributed by atoms with Gasteiger partial charge in [0, 0.05) is 25.9 Å². The average Bonchev–Trinajstić information content (AvgIpc) is 2.48. The van der Waals surface area contributed by atoms with Gasteiger partial charge in [-0.1, -0.05) is 6.07 Å². The van der Waals surface area contributed by atoms with Gasteiger partial charge in [0.1, 0.15) is 5.52 Å². The molecule has 4 heteroatoms. The summed E-state index contributed by atoms with van der Waals surface area (Å²) in [4.78, 5) is 6.10. The van der Waals surface area contributed by atoms with E-state index in [-0.39, 0.29) is 0 Å². The van der Waals surface area contributed by atoms with Crippen molar-refractivity contribution in [2.24, 2.45) is 0 Å². The van der Waals surface area contributed by atoms with Gasteiger partial charge in [0.05, 0.1) is 11.2 Å². The number of halogens is 1. The van der Waals surface area contributed by atoms with Crippen LogP contribution in [0.25, 0.3) is 11.0 Å². The van der Waals surface area contributed by atoms with Gasteiger partial charge >= 0.3 is 0 Å². The fourth-order valence-corrected chi connectivity index (χ4v) is 1.48. The molecule has 2 aromatic rings. The van der Waals surface area contributed by atoms with Gasteiger partial charge in [0.25, 0.3) is 0 Å². The van der Waals surface area contributed by atoms with E-state index in [1.54, 1.807) is 0 Å². The molecule has 3 nitrogen and oxygen atoms in total. The minimum absolute atomic E-state index is 0.877. The lowest BCUT2D eigenvalue weighted by Gasteiger charge is -2.12. The van der Waals surface area contributed by atoms with Gasteiger partial charge in [-0.2, -0.15) is 0 Å². The monoisotopic (exact) mass is 194 g/mol. The Hall–Kier alpha value is -1.22. The molecule has 2 rings (SSSR count). The van der Waals surface area contributed by atoms with Crippen molar-refractivity contribution >= 4 is 28.5 Å². The summed E-state index contributed by atoms with van der Waals surface area (Å²) in [6, 6.07) is 5.87. The van der Waals surface area contributed by atoms with Crippen LogP contribution in [0.4, 0.5) is 5.69 Å². The molecule has 0 unspecified atom stereocenters. The van der Waals surface area contributed by atoms with Crippen LogP contribution in [0.3, 0.4) is 0 Å². The number of benzene rings is 1. The maximum Gasteiger partial charge on any atom is 0.193 e. The molecule has 0 aliphatic rings. The first kappa shape index (κ1) is 8.38. The second-order valence-corrected chi connectivity index (χ2v) is 3.37. The normalized spacial score (nSPS) is 10.7. The maximum absolute atomic E-state index is 5.83. The van der Waals surface area contributed by atoms with Crippen LogP contribution in [-0.2, 0) is 0 Å². The standard InChI is InChI=1S/C9H9ClN3/c1-12(2)7-4-3-5-8-9(7)11-6-13(8)10/h3-5H,1-2H3. The number of nitrogens with zero attached hydrogens (tertiary/aromatic N) is 3. The zero-order valence-corrected chi connectivity index (χ0v) is 8.21. The van der Waals surface area contributed by atoms with E-state index in [0.29, 0.717) is 0 Å². The Morgan fingerprint density at radius 3 is 2.92 bits per heavy atom. The fourth-order valence-electron chi connectivity index (χ4n) is 1.30. The quantitative estimate of drug-likeness (QED) is 0.692. The highest BCUT2D eigenvalue weighted by Crippen LogP contribution is 2.23. The predicted molar refractivity (Wildman–Crippen MR) is 54.1 cm³/mol. The molecule has 0 aliphatic carbocycles. The minimum atomic E-state index is 0.877. The predicted octanol–water partition coefficient (Wildman–Crippen LogP) is 1.90. The van der Waals surface area contributed by atoms with Crippen molar-refractivity contribution in [1.82, 2.24) is 9.07 Å². The average molecular weight is 195 g/mol. The van der Waals surface area contributed by atoms with Crippen LogP contribution in [-0.4, -0.2) is 23.2 Å². The molecule has 0 N–H and O–H groups in total. The summed E-state index contributed by atoms with van der Waals surface area (Å²) in [6.45, 7) is 0. The zero-order chi connectivity index (χ0) is 9.42. The van der Waals surface area contributed by atoms with Crippen LogP contribution in [0.2, 0.25) is 0 Å². The van der Waals surface area contributed by atoms with Gasteiger partial charge in [-0.15, -0.1) is 0 Å². The number of para-hydroxylation sites is 1. The minimum Gasteiger partial charge on any atom is -0.376 e. The van der Waals surface area contributed by atoms with E-state index in [4.69, 9.17) is 11.8 Å². The molecule has 0 bridgehead atoms. The van der Waals surface area contributed by atoms with Gasteiger partial charge in [0.2, 0.25) is 0 Å². The zero-order valence-electron chi connectivity index (χ0n) is 7.45. The highest BCUT2D eigenvalue weighted by atomic mass is 35.5. The van der Waals surface area contributed by atoms with Crippen LogP contribution in [0.5, 0.6) is 0 Å². The van der Waals surface area contributed by atoms with Crippen molar-refractivity contribution in [1.29, 1.82) is 0 Å². The Morgan fingerprint density at radius 2 is 2.23 bits per heavy atom. The van der Waals surface area contributed by atoms with E-state index in [2.05, 4.69) is 11.3 Å². The Labute approximate surface area is 81.7 Å². The number of hydrogen-bond donors (Lipinski definition) is 0. The molecule has 67 valence electrons. The maximum atomic E-state index is 5.83. The lowest BCUT2D eigenvalue weighted by atomic mass is 10.2. The number of hydrogen-bond acceptors (Lipinski definition) is 2.